The average molecular weight is 442 g/mol. The SMILES string of the molecule is CCCCNC(=O)CN1CCN(C(=O)CCc2nc(-c3ccc(C(C)C)cc3)no2)CC1. The second-order valence-electron chi connectivity index (χ2n) is 8.65. The van der Waals surface area contributed by atoms with Crippen molar-refractivity contribution in [3.63, 3.8) is 0 Å². The van der Waals surface area contributed by atoms with Crippen molar-refractivity contribution in [3.8, 4) is 11.4 Å². The largest absolute Gasteiger partial charge is 0.355 e. The fourth-order valence-corrected chi connectivity index (χ4v) is 3.68. The number of hydrogen-bond donors (Lipinski definition) is 1. The Morgan fingerprint density at radius 2 is 1.84 bits per heavy atom. The highest BCUT2D eigenvalue weighted by Crippen LogP contribution is 2.21. The number of aryl methyl sites for hydroxylation is 1. The van der Waals surface area contributed by atoms with Crippen molar-refractivity contribution >= 4 is 11.8 Å². The summed E-state index contributed by atoms with van der Waals surface area (Å²) in [6.45, 7) is 10.2. The molecule has 0 radical (unpaired) electrons. The molecule has 1 aromatic heterocycles. The van der Waals surface area contributed by atoms with Crippen LogP contribution in [0.25, 0.3) is 11.4 Å². The number of hydrogen-bond acceptors (Lipinski definition) is 6. The maximum Gasteiger partial charge on any atom is 0.234 e. The van der Waals surface area contributed by atoms with Gasteiger partial charge in [0.2, 0.25) is 23.5 Å². The van der Waals surface area contributed by atoms with E-state index in [1.54, 1.807) is 0 Å². The van der Waals surface area contributed by atoms with E-state index in [1.165, 1.54) is 5.56 Å². The second-order valence-corrected chi connectivity index (χ2v) is 8.65. The Hall–Kier alpha value is -2.74. The molecule has 1 aliphatic heterocycles. The number of piperazine rings is 1. The molecular formula is C24H35N5O3. The van der Waals surface area contributed by atoms with Gasteiger partial charge >= 0.3 is 0 Å². The van der Waals surface area contributed by atoms with Crippen molar-refractivity contribution in [2.75, 3.05) is 39.3 Å². The van der Waals surface area contributed by atoms with Gasteiger partial charge in [0.15, 0.2) is 0 Å². The summed E-state index contributed by atoms with van der Waals surface area (Å²) in [7, 11) is 0. The summed E-state index contributed by atoms with van der Waals surface area (Å²) in [5.41, 5.74) is 2.17. The van der Waals surface area contributed by atoms with Crippen molar-refractivity contribution in [3.05, 3.63) is 35.7 Å². The van der Waals surface area contributed by atoms with E-state index in [0.717, 1.165) is 24.9 Å². The van der Waals surface area contributed by atoms with Gasteiger partial charge < -0.3 is 14.7 Å². The Labute approximate surface area is 190 Å². The minimum atomic E-state index is 0.0595. The van der Waals surface area contributed by atoms with E-state index in [9.17, 15) is 9.59 Å². The van der Waals surface area contributed by atoms with Crippen LogP contribution in [-0.2, 0) is 16.0 Å². The second kappa shape index (κ2) is 11.8. The zero-order valence-electron chi connectivity index (χ0n) is 19.5. The van der Waals surface area contributed by atoms with Gasteiger partial charge in [-0.3, -0.25) is 14.5 Å². The van der Waals surface area contributed by atoms with Crippen LogP contribution in [0.4, 0.5) is 0 Å². The number of nitrogens with zero attached hydrogens (tertiary/aromatic N) is 4. The molecule has 0 unspecified atom stereocenters. The number of nitrogens with one attached hydrogen (secondary N) is 1. The Kier molecular flexibility index (Phi) is 8.79. The maximum atomic E-state index is 12.6. The third-order valence-electron chi connectivity index (χ3n) is 5.80. The highest BCUT2D eigenvalue weighted by molar-refractivity contribution is 5.78. The van der Waals surface area contributed by atoms with Gasteiger partial charge in [-0.2, -0.15) is 4.98 Å². The van der Waals surface area contributed by atoms with Crippen LogP contribution < -0.4 is 5.32 Å². The molecular weight excluding hydrogens is 406 g/mol. The molecule has 2 heterocycles. The third kappa shape index (κ3) is 6.88. The van der Waals surface area contributed by atoms with Gasteiger partial charge in [0, 0.05) is 51.1 Å². The van der Waals surface area contributed by atoms with Crippen LogP contribution in [-0.4, -0.2) is 71.0 Å². The Bertz CT molecular complexity index is 870. The molecule has 2 amide bonds. The van der Waals surface area contributed by atoms with Crippen LogP contribution in [0.15, 0.2) is 28.8 Å². The van der Waals surface area contributed by atoms with Crippen molar-refractivity contribution in [2.24, 2.45) is 0 Å². The molecule has 0 spiro atoms. The normalized spacial score (nSPS) is 14.7. The molecule has 1 fully saturated rings. The predicted octanol–water partition coefficient (Wildman–Crippen LogP) is 2.85. The maximum absolute atomic E-state index is 12.6. The summed E-state index contributed by atoms with van der Waals surface area (Å²) < 4.78 is 5.35. The summed E-state index contributed by atoms with van der Waals surface area (Å²) in [6.07, 6.45) is 2.83. The summed E-state index contributed by atoms with van der Waals surface area (Å²) in [5.74, 6) is 1.64. The molecule has 1 saturated heterocycles. The number of amides is 2. The molecule has 0 bridgehead atoms. The average Bonchev–Trinajstić information content (AvgIpc) is 3.27. The monoisotopic (exact) mass is 441 g/mol. The highest BCUT2D eigenvalue weighted by atomic mass is 16.5. The van der Waals surface area contributed by atoms with Gasteiger partial charge in [-0.25, -0.2) is 0 Å². The van der Waals surface area contributed by atoms with Gasteiger partial charge in [0.05, 0.1) is 6.54 Å². The zero-order valence-corrected chi connectivity index (χ0v) is 19.5. The first-order valence-electron chi connectivity index (χ1n) is 11.7. The molecule has 0 saturated carbocycles. The minimum absolute atomic E-state index is 0.0595. The quantitative estimate of drug-likeness (QED) is 0.570. The van der Waals surface area contributed by atoms with Crippen molar-refractivity contribution < 1.29 is 14.1 Å². The summed E-state index contributed by atoms with van der Waals surface area (Å²) in [6, 6.07) is 8.15. The molecule has 1 aromatic carbocycles. The van der Waals surface area contributed by atoms with E-state index in [2.05, 4.69) is 53.3 Å². The van der Waals surface area contributed by atoms with Crippen LogP contribution >= 0.6 is 0 Å². The molecule has 0 aliphatic carbocycles. The smallest absolute Gasteiger partial charge is 0.234 e. The molecule has 8 nitrogen and oxygen atoms in total. The van der Waals surface area contributed by atoms with Crippen LogP contribution in [0, 0.1) is 0 Å². The van der Waals surface area contributed by atoms with Gasteiger partial charge in [-0.15, -0.1) is 0 Å². The first kappa shape index (κ1) is 23.9. The summed E-state index contributed by atoms with van der Waals surface area (Å²) in [5, 5.41) is 7.00. The fourth-order valence-electron chi connectivity index (χ4n) is 3.68. The lowest BCUT2D eigenvalue weighted by Crippen LogP contribution is -2.51. The Morgan fingerprint density at radius 3 is 2.50 bits per heavy atom. The van der Waals surface area contributed by atoms with Gasteiger partial charge in [-0.1, -0.05) is 56.6 Å². The van der Waals surface area contributed by atoms with Crippen molar-refractivity contribution in [1.82, 2.24) is 25.3 Å². The summed E-state index contributed by atoms with van der Waals surface area (Å²) in [4.78, 5) is 32.9. The van der Waals surface area contributed by atoms with E-state index in [0.29, 0.717) is 63.2 Å². The number of rotatable bonds is 10. The molecule has 174 valence electrons. The van der Waals surface area contributed by atoms with E-state index < -0.39 is 0 Å². The molecule has 1 aliphatic rings. The van der Waals surface area contributed by atoms with Gasteiger partial charge in [0.25, 0.3) is 0 Å². The first-order valence-corrected chi connectivity index (χ1v) is 11.7. The lowest BCUT2D eigenvalue weighted by Gasteiger charge is -2.34. The van der Waals surface area contributed by atoms with Crippen LogP contribution in [0.2, 0.25) is 0 Å². The van der Waals surface area contributed by atoms with E-state index in [4.69, 9.17) is 4.52 Å². The number of unbranched alkanes of at least 4 members (excludes halogenated alkanes) is 1. The van der Waals surface area contributed by atoms with Crippen LogP contribution in [0.3, 0.4) is 0 Å². The lowest BCUT2D eigenvalue weighted by atomic mass is 10.0. The van der Waals surface area contributed by atoms with E-state index >= 15 is 0 Å². The van der Waals surface area contributed by atoms with Gasteiger partial charge in [-0.05, 0) is 17.9 Å². The summed E-state index contributed by atoms with van der Waals surface area (Å²) >= 11 is 0. The molecule has 3 rings (SSSR count). The van der Waals surface area contributed by atoms with Crippen LogP contribution in [0.5, 0.6) is 0 Å². The van der Waals surface area contributed by atoms with Gasteiger partial charge in [0.1, 0.15) is 0 Å². The van der Waals surface area contributed by atoms with E-state index in [1.807, 2.05) is 17.0 Å². The number of carbonyl (C=O) groups is 2. The third-order valence-corrected chi connectivity index (χ3v) is 5.80. The van der Waals surface area contributed by atoms with Crippen molar-refractivity contribution in [1.29, 1.82) is 0 Å². The number of aromatic nitrogens is 2. The Balaban J connectivity index is 1.40. The molecule has 0 atom stereocenters. The topological polar surface area (TPSA) is 91.6 Å². The predicted molar refractivity (Wildman–Crippen MR) is 123 cm³/mol. The molecule has 8 heteroatoms. The number of benzene rings is 1. The fraction of sp³-hybridized carbons (Fsp3) is 0.583. The lowest BCUT2D eigenvalue weighted by molar-refractivity contribution is -0.133. The minimum Gasteiger partial charge on any atom is -0.355 e. The standard InChI is InChI=1S/C24H35N5O3/c1-4-5-12-25-21(30)17-28-13-15-29(16-14-28)23(31)11-10-22-26-24(27-32-22)20-8-6-19(7-9-20)18(2)3/h6-9,18H,4-5,10-17H2,1-3H3,(H,25,30). The first-order chi connectivity index (χ1) is 15.5. The Morgan fingerprint density at radius 1 is 1.12 bits per heavy atom. The van der Waals surface area contributed by atoms with E-state index in [-0.39, 0.29) is 11.8 Å². The zero-order chi connectivity index (χ0) is 22.9. The van der Waals surface area contributed by atoms with Crippen molar-refractivity contribution in [2.45, 2.75) is 52.4 Å². The molecule has 1 N–H and O–H groups in total. The van der Waals surface area contributed by atoms with Crippen LogP contribution in [0.1, 0.15) is 57.4 Å². The highest BCUT2D eigenvalue weighted by Gasteiger charge is 2.22. The molecule has 32 heavy (non-hydrogen) atoms. The molecule has 2 aromatic rings. The number of carbonyl (C=O) groups excluding carboxylic acids is 2.